The molecule has 0 aliphatic carbocycles. The number of ether oxygens (including phenoxy) is 1. The summed E-state index contributed by atoms with van der Waals surface area (Å²) in [4.78, 5) is 26.0. The summed E-state index contributed by atoms with van der Waals surface area (Å²) in [5.41, 5.74) is 7.41. The summed E-state index contributed by atoms with van der Waals surface area (Å²) in [6.07, 6.45) is 1.13. The Morgan fingerprint density at radius 2 is 1.91 bits per heavy atom. The molecular formula is C17H24N2O3. The number of anilines is 1. The Kier molecular flexibility index (Phi) is 5.06. The molecule has 1 fully saturated rings. The van der Waals surface area contributed by atoms with E-state index in [0.29, 0.717) is 23.1 Å². The van der Waals surface area contributed by atoms with Gasteiger partial charge >= 0.3 is 5.97 Å². The number of nitrogens with two attached hydrogens (primary N) is 1. The molecule has 1 aromatic rings. The molecule has 1 heterocycles. The Morgan fingerprint density at radius 3 is 2.55 bits per heavy atom. The van der Waals surface area contributed by atoms with Crippen LogP contribution in [0.15, 0.2) is 18.2 Å². The minimum atomic E-state index is -0.548. The first-order valence-electron chi connectivity index (χ1n) is 7.68. The van der Waals surface area contributed by atoms with Crippen LogP contribution in [0.1, 0.15) is 36.2 Å². The van der Waals surface area contributed by atoms with Gasteiger partial charge in [0, 0.05) is 18.8 Å². The standard InChI is InChI=1S/C17H24N2O3/c1-11-7-12(2)9-19(8-11)15(20)10-22-17(21)14-6-4-5-13(3)16(14)18/h4-6,11-12H,7-10,18H2,1-3H3. The van der Waals surface area contributed by atoms with E-state index in [1.54, 1.807) is 17.0 Å². The predicted octanol–water partition coefficient (Wildman–Crippen LogP) is 2.24. The van der Waals surface area contributed by atoms with Crippen molar-refractivity contribution < 1.29 is 14.3 Å². The summed E-state index contributed by atoms with van der Waals surface area (Å²) < 4.78 is 5.14. The molecule has 22 heavy (non-hydrogen) atoms. The van der Waals surface area contributed by atoms with E-state index in [9.17, 15) is 9.59 Å². The topological polar surface area (TPSA) is 72.6 Å². The van der Waals surface area contributed by atoms with Crippen LogP contribution in [0.2, 0.25) is 0 Å². The van der Waals surface area contributed by atoms with E-state index >= 15 is 0 Å². The zero-order valence-electron chi connectivity index (χ0n) is 13.5. The Hall–Kier alpha value is -2.04. The third-order valence-electron chi connectivity index (χ3n) is 4.09. The highest BCUT2D eigenvalue weighted by Crippen LogP contribution is 2.21. The van der Waals surface area contributed by atoms with E-state index in [-0.39, 0.29) is 12.5 Å². The molecule has 1 aliphatic heterocycles. The second-order valence-corrected chi connectivity index (χ2v) is 6.36. The van der Waals surface area contributed by atoms with Gasteiger partial charge in [-0.1, -0.05) is 26.0 Å². The zero-order chi connectivity index (χ0) is 16.3. The highest BCUT2D eigenvalue weighted by molar-refractivity contribution is 5.96. The van der Waals surface area contributed by atoms with E-state index in [4.69, 9.17) is 10.5 Å². The summed E-state index contributed by atoms with van der Waals surface area (Å²) in [6.45, 7) is 7.32. The smallest absolute Gasteiger partial charge is 0.340 e. The summed E-state index contributed by atoms with van der Waals surface area (Å²) in [5.74, 6) is 0.275. The molecule has 2 N–H and O–H groups in total. The number of carbonyl (C=O) groups is 2. The van der Waals surface area contributed by atoms with Gasteiger partial charge in [0.05, 0.1) is 5.56 Å². The van der Waals surface area contributed by atoms with Gasteiger partial charge in [0.15, 0.2) is 6.61 Å². The lowest BCUT2D eigenvalue weighted by atomic mass is 9.92. The highest BCUT2D eigenvalue weighted by Gasteiger charge is 2.26. The fourth-order valence-electron chi connectivity index (χ4n) is 3.02. The van der Waals surface area contributed by atoms with Gasteiger partial charge in [0.25, 0.3) is 5.91 Å². The first-order chi connectivity index (χ1) is 10.4. The van der Waals surface area contributed by atoms with Crippen molar-refractivity contribution in [3.63, 3.8) is 0 Å². The van der Waals surface area contributed by atoms with Crippen LogP contribution in [0, 0.1) is 18.8 Å². The maximum Gasteiger partial charge on any atom is 0.340 e. The molecule has 0 aromatic heterocycles. The normalized spacial score (nSPS) is 21.5. The summed E-state index contributed by atoms with van der Waals surface area (Å²) in [6, 6.07) is 5.19. The van der Waals surface area contributed by atoms with E-state index in [1.807, 2.05) is 13.0 Å². The van der Waals surface area contributed by atoms with Crippen LogP contribution in [0.3, 0.4) is 0 Å². The van der Waals surface area contributed by atoms with Crippen molar-refractivity contribution in [1.82, 2.24) is 4.90 Å². The zero-order valence-corrected chi connectivity index (χ0v) is 13.5. The van der Waals surface area contributed by atoms with E-state index in [2.05, 4.69) is 13.8 Å². The molecule has 0 bridgehead atoms. The number of para-hydroxylation sites is 1. The number of aryl methyl sites for hydroxylation is 1. The number of nitrogen functional groups attached to an aromatic ring is 1. The maximum absolute atomic E-state index is 12.2. The largest absolute Gasteiger partial charge is 0.452 e. The second kappa shape index (κ2) is 6.81. The van der Waals surface area contributed by atoms with Gasteiger partial charge in [-0.25, -0.2) is 4.79 Å². The van der Waals surface area contributed by atoms with Gasteiger partial charge in [-0.2, -0.15) is 0 Å². The van der Waals surface area contributed by atoms with E-state index in [0.717, 1.165) is 25.1 Å². The quantitative estimate of drug-likeness (QED) is 0.686. The van der Waals surface area contributed by atoms with Crippen LogP contribution >= 0.6 is 0 Å². The second-order valence-electron chi connectivity index (χ2n) is 6.36. The lowest BCUT2D eigenvalue weighted by Crippen LogP contribution is -2.44. The molecule has 1 aromatic carbocycles. The Morgan fingerprint density at radius 1 is 1.27 bits per heavy atom. The number of hydrogen-bond acceptors (Lipinski definition) is 4. The predicted molar refractivity (Wildman–Crippen MR) is 85.4 cm³/mol. The Bertz CT molecular complexity index is 561. The van der Waals surface area contributed by atoms with Crippen LogP contribution < -0.4 is 5.73 Å². The molecule has 2 unspecified atom stereocenters. The van der Waals surface area contributed by atoms with Gasteiger partial charge in [-0.05, 0) is 36.8 Å². The monoisotopic (exact) mass is 304 g/mol. The van der Waals surface area contributed by atoms with Crippen LogP contribution in [0.4, 0.5) is 5.69 Å². The molecular weight excluding hydrogens is 280 g/mol. The lowest BCUT2D eigenvalue weighted by molar-refractivity contribution is -0.137. The SMILES string of the molecule is Cc1cccc(C(=O)OCC(=O)N2CC(C)CC(C)C2)c1N. The fraction of sp³-hybridized carbons (Fsp3) is 0.529. The van der Waals surface area contributed by atoms with Gasteiger partial charge in [-0.15, -0.1) is 0 Å². The van der Waals surface area contributed by atoms with Gasteiger partial charge in [-0.3, -0.25) is 4.79 Å². The molecule has 1 aliphatic rings. The lowest BCUT2D eigenvalue weighted by Gasteiger charge is -2.34. The number of likely N-dealkylation sites (tertiary alicyclic amines) is 1. The van der Waals surface area contributed by atoms with Crippen LogP contribution in [-0.2, 0) is 9.53 Å². The number of nitrogens with zero attached hydrogens (tertiary/aromatic N) is 1. The number of benzene rings is 1. The summed E-state index contributed by atoms with van der Waals surface area (Å²) in [5, 5.41) is 0. The number of carbonyl (C=O) groups excluding carboxylic acids is 2. The van der Waals surface area contributed by atoms with E-state index in [1.165, 1.54) is 0 Å². The van der Waals surface area contributed by atoms with Crippen molar-refractivity contribution in [3.05, 3.63) is 29.3 Å². The molecule has 2 rings (SSSR count). The van der Waals surface area contributed by atoms with Crippen molar-refractivity contribution >= 4 is 17.6 Å². The average molecular weight is 304 g/mol. The molecule has 0 spiro atoms. The highest BCUT2D eigenvalue weighted by atomic mass is 16.5. The minimum absolute atomic E-state index is 0.141. The summed E-state index contributed by atoms with van der Waals surface area (Å²) >= 11 is 0. The Labute approximate surface area is 131 Å². The molecule has 120 valence electrons. The Balaban J connectivity index is 1.93. The molecule has 2 atom stereocenters. The third kappa shape index (κ3) is 3.78. The number of esters is 1. The third-order valence-corrected chi connectivity index (χ3v) is 4.09. The van der Waals surface area contributed by atoms with Crippen molar-refractivity contribution in [2.45, 2.75) is 27.2 Å². The summed E-state index contributed by atoms with van der Waals surface area (Å²) in [7, 11) is 0. The first-order valence-corrected chi connectivity index (χ1v) is 7.68. The number of hydrogen-bond donors (Lipinski definition) is 1. The maximum atomic E-state index is 12.2. The first kappa shape index (κ1) is 16.3. The van der Waals surface area contributed by atoms with Gasteiger partial charge in [0.1, 0.15) is 0 Å². The van der Waals surface area contributed by atoms with E-state index < -0.39 is 5.97 Å². The number of piperidine rings is 1. The molecule has 5 nitrogen and oxygen atoms in total. The van der Waals surface area contributed by atoms with Crippen molar-refractivity contribution in [2.75, 3.05) is 25.4 Å². The molecule has 0 saturated carbocycles. The molecule has 5 heteroatoms. The number of rotatable bonds is 3. The van der Waals surface area contributed by atoms with Crippen molar-refractivity contribution in [2.24, 2.45) is 11.8 Å². The van der Waals surface area contributed by atoms with Crippen LogP contribution in [-0.4, -0.2) is 36.5 Å². The molecule has 0 radical (unpaired) electrons. The molecule has 1 saturated heterocycles. The van der Waals surface area contributed by atoms with Gasteiger partial charge in [0.2, 0.25) is 0 Å². The average Bonchev–Trinajstić information content (AvgIpc) is 2.46. The van der Waals surface area contributed by atoms with Crippen molar-refractivity contribution in [1.29, 1.82) is 0 Å². The van der Waals surface area contributed by atoms with Crippen LogP contribution in [0.25, 0.3) is 0 Å². The fourth-order valence-corrected chi connectivity index (χ4v) is 3.02. The van der Waals surface area contributed by atoms with Crippen LogP contribution in [0.5, 0.6) is 0 Å². The minimum Gasteiger partial charge on any atom is -0.452 e. The van der Waals surface area contributed by atoms with Crippen molar-refractivity contribution in [3.8, 4) is 0 Å². The van der Waals surface area contributed by atoms with Gasteiger partial charge < -0.3 is 15.4 Å². The molecule has 1 amide bonds. The number of amides is 1.